The zero-order chi connectivity index (χ0) is 12.7. The number of carbonyl (C=O) groups is 3. The fourth-order valence-electron chi connectivity index (χ4n) is 0.671. The van der Waals surface area contributed by atoms with Crippen LogP contribution >= 0.6 is 11.8 Å². The van der Waals surface area contributed by atoms with Gasteiger partial charge in [-0.25, -0.2) is 4.79 Å². The molecule has 5 N–H and O–H groups in total. The first-order valence-electron chi connectivity index (χ1n) is 4.51. The monoisotopic (exact) mass is 249 g/mol. The normalized spacial score (nSPS) is 13.7. The number of urea groups is 1. The maximum Gasteiger partial charge on any atom is 0.321 e. The summed E-state index contributed by atoms with van der Waals surface area (Å²) in [5.74, 6) is -1.49. The minimum Gasteiger partial charge on any atom is -0.480 e. The first-order valence-corrected chi connectivity index (χ1v) is 5.56. The number of carboxylic acids is 1. The van der Waals surface area contributed by atoms with E-state index in [1.165, 1.54) is 7.05 Å². The van der Waals surface area contributed by atoms with E-state index in [4.69, 9.17) is 10.8 Å². The molecule has 16 heavy (non-hydrogen) atoms. The van der Waals surface area contributed by atoms with Crippen molar-refractivity contribution in [1.29, 1.82) is 0 Å². The number of amides is 3. The summed E-state index contributed by atoms with van der Waals surface area (Å²) in [6.07, 6.45) is 0. The van der Waals surface area contributed by atoms with Crippen molar-refractivity contribution >= 4 is 29.7 Å². The Morgan fingerprint density at radius 3 is 2.44 bits per heavy atom. The van der Waals surface area contributed by atoms with Gasteiger partial charge in [0.05, 0.1) is 5.25 Å². The van der Waals surface area contributed by atoms with Gasteiger partial charge in [0.15, 0.2) is 0 Å². The van der Waals surface area contributed by atoms with Crippen LogP contribution in [0.3, 0.4) is 0 Å². The van der Waals surface area contributed by atoms with Gasteiger partial charge in [-0.15, -0.1) is 11.8 Å². The Bertz CT molecular complexity index is 284. The van der Waals surface area contributed by atoms with Crippen LogP contribution in [0.25, 0.3) is 0 Å². The second-order valence-electron chi connectivity index (χ2n) is 2.99. The molecule has 0 aromatic carbocycles. The molecule has 0 spiro atoms. The van der Waals surface area contributed by atoms with Crippen molar-refractivity contribution in [2.45, 2.75) is 18.2 Å². The van der Waals surface area contributed by atoms with Gasteiger partial charge in [0, 0.05) is 12.8 Å². The van der Waals surface area contributed by atoms with Crippen molar-refractivity contribution in [3.05, 3.63) is 0 Å². The number of thioether (sulfide) groups is 1. The summed E-state index contributed by atoms with van der Waals surface area (Å²) in [7, 11) is 1.39. The van der Waals surface area contributed by atoms with Crippen LogP contribution in [0.4, 0.5) is 4.79 Å². The molecule has 7 nitrogen and oxygen atoms in total. The summed E-state index contributed by atoms with van der Waals surface area (Å²) in [5, 5.41) is 12.3. The van der Waals surface area contributed by atoms with E-state index >= 15 is 0 Å². The van der Waals surface area contributed by atoms with Gasteiger partial charge in [-0.05, 0) is 6.92 Å². The lowest BCUT2D eigenvalue weighted by molar-refractivity contribution is -0.138. The molecule has 0 aliphatic rings. The molecule has 0 aliphatic carbocycles. The van der Waals surface area contributed by atoms with E-state index in [1.54, 1.807) is 6.92 Å². The van der Waals surface area contributed by atoms with Crippen molar-refractivity contribution in [1.82, 2.24) is 10.6 Å². The van der Waals surface area contributed by atoms with Crippen LogP contribution in [0.2, 0.25) is 0 Å². The van der Waals surface area contributed by atoms with Crippen molar-refractivity contribution in [2.24, 2.45) is 5.73 Å². The molecule has 0 rings (SSSR count). The molecule has 2 atom stereocenters. The first-order chi connectivity index (χ1) is 7.38. The quantitative estimate of drug-likeness (QED) is 0.494. The molecule has 1 unspecified atom stereocenters. The molecule has 8 heteroatoms. The second-order valence-corrected chi connectivity index (χ2v) is 4.36. The summed E-state index contributed by atoms with van der Waals surface area (Å²) in [5.41, 5.74) is 5.26. The fourth-order valence-corrected chi connectivity index (χ4v) is 1.52. The molecule has 0 aromatic rings. The van der Waals surface area contributed by atoms with Gasteiger partial charge >= 0.3 is 12.0 Å². The van der Waals surface area contributed by atoms with Crippen molar-refractivity contribution in [3.63, 3.8) is 0 Å². The molecule has 0 saturated carbocycles. The van der Waals surface area contributed by atoms with E-state index in [1.807, 2.05) is 0 Å². The number of aliphatic carboxylic acids is 1. The van der Waals surface area contributed by atoms with Gasteiger partial charge < -0.3 is 16.2 Å². The molecule has 0 aromatic heterocycles. The number of hydrogen-bond acceptors (Lipinski definition) is 5. The van der Waals surface area contributed by atoms with Crippen molar-refractivity contribution in [3.8, 4) is 0 Å². The van der Waals surface area contributed by atoms with Crippen molar-refractivity contribution < 1.29 is 19.5 Å². The third-order valence-electron chi connectivity index (χ3n) is 1.68. The van der Waals surface area contributed by atoms with Gasteiger partial charge in [0.1, 0.15) is 6.04 Å². The second kappa shape index (κ2) is 7.07. The van der Waals surface area contributed by atoms with Crippen LogP contribution < -0.4 is 16.4 Å². The highest BCUT2D eigenvalue weighted by Crippen LogP contribution is 2.11. The van der Waals surface area contributed by atoms with Gasteiger partial charge in [0.2, 0.25) is 5.91 Å². The number of carbonyl (C=O) groups excluding carboxylic acids is 2. The number of imide groups is 1. The van der Waals surface area contributed by atoms with Gasteiger partial charge in [-0.3, -0.25) is 14.9 Å². The molecule has 92 valence electrons. The average molecular weight is 249 g/mol. The Hall–Kier alpha value is -1.28. The maximum absolute atomic E-state index is 11.3. The molecule has 0 radical (unpaired) electrons. The smallest absolute Gasteiger partial charge is 0.321 e. The molecule has 0 bridgehead atoms. The maximum atomic E-state index is 11.3. The number of nitrogens with one attached hydrogen (secondary N) is 2. The first kappa shape index (κ1) is 14.7. The van der Waals surface area contributed by atoms with E-state index in [9.17, 15) is 14.4 Å². The third-order valence-corrected chi connectivity index (χ3v) is 2.94. The number of carboxylic acid groups (broad SMARTS) is 1. The number of nitrogens with two attached hydrogens (primary N) is 1. The van der Waals surface area contributed by atoms with E-state index in [0.717, 1.165) is 11.8 Å². The van der Waals surface area contributed by atoms with Crippen LogP contribution in [-0.4, -0.2) is 47.1 Å². The minimum atomic E-state index is -1.12. The van der Waals surface area contributed by atoms with E-state index in [0.29, 0.717) is 0 Å². The van der Waals surface area contributed by atoms with E-state index in [-0.39, 0.29) is 5.75 Å². The zero-order valence-electron chi connectivity index (χ0n) is 9.02. The summed E-state index contributed by atoms with van der Waals surface area (Å²) < 4.78 is 0. The summed E-state index contributed by atoms with van der Waals surface area (Å²) in [4.78, 5) is 32.5. The third kappa shape index (κ3) is 5.56. The lowest BCUT2D eigenvalue weighted by Gasteiger charge is -2.12. The number of rotatable bonds is 5. The largest absolute Gasteiger partial charge is 0.480 e. The van der Waals surface area contributed by atoms with Crippen molar-refractivity contribution in [2.75, 3.05) is 12.8 Å². The topological polar surface area (TPSA) is 122 Å². The van der Waals surface area contributed by atoms with Crippen LogP contribution in [0.5, 0.6) is 0 Å². The number of hydrogen-bond donors (Lipinski definition) is 4. The Balaban J connectivity index is 3.97. The Morgan fingerprint density at radius 2 is 2.00 bits per heavy atom. The van der Waals surface area contributed by atoms with Gasteiger partial charge in [0.25, 0.3) is 0 Å². The Labute approximate surface area is 97.1 Å². The highest BCUT2D eigenvalue weighted by atomic mass is 32.2. The van der Waals surface area contributed by atoms with Crippen LogP contribution in [0.1, 0.15) is 6.92 Å². The predicted molar refractivity (Wildman–Crippen MR) is 60.1 cm³/mol. The average Bonchev–Trinajstić information content (AvgIpc) is 2.24. The van der Waals surface area contributed by atoms with Gasteiger partial charge in [-0.1, -0.05) is 0 Å². The summed E-state index contributed by atoms with van der Waals surface area (Å²) in [6.45, 7) is 1.57. The molecular weight excluding hydrogens is 234 g/mol. The zero-order valence-corrected chi connectivity index (χ0v) is 9.84. The van der Waals surface area contributed by atoms with E-state index in [2.05, 4.69) is 10.6 Å². The standard InChI is InChI=1S/C8H15N3O4S/c1-4(6(12)11-8(15)10-2)16-3-5(9)7(13)14/h4-5H,3,9H2,1-2H3,(H,13,14)(H2,10,11,12,15)/t4?,5-/m1/s1. The molecule has 0 aliphatic heterocycles. The SMILES string of the molecule is CNC(=O)NC(=O)C(C)SC[C@@H](N)C(=O)O. The molecule has 3 amide bonds. The lowest BCUT2D eigenvalue weighted by atomic mass is 10.4. The van der Waals surface area contributed by atoms with Crippen LogP contribution in [0.15, 0.2) is 0 Å². The van der Waals surface area contributed by atoms with Crippen LogP contribution in [0, 0.1) is 0 Å². The highest BCUT2D eigenvalue weighted by Gasteiger charge is 2.19. The summed E-state index contributed by atoms with van der Waals surface area (Å²) >= 11 is 1.08. The Kier molecular flexibility index (Phi) is 6.50. The van der Waals surface area contributed by atoms with Crippen LogP contribution in [-0.2, 0) is 9.59 Å². The molecular formula is C8H15N3O4S. The molecule has 0 saturated heterocycles. The van der Waals surface area contributed by atoms with E-state index < -0.39 is 29.2 Å². The molecule has 0 fully saturated rings. The molecule has 0 heterocycles. The summed E-state index contributed by atoms with van der Waals surface area (Å²) in [6, 6.07) is -1.61. The predicted octanol–water partition coefficient (Wildman–Crippen LogP) is -1.02. The highest BCUT2D eigenvalue weighted by molar-refractivity contribution is 8.00. The lowest BCUT2D eigenvalue weighted by Crippen LogP contribution is -2.42. The minimum absolute atomic E-state index is 0.109. The van der Waals surface area contributed by atoms with Gasteiger partial charge in [-0.2, -0.15) is 0 Å². The fraction of sp³-hybridized carbons (Fsp3) is 0.625. The Morgan fingerprint density at radius 1 is 1.44 bits per heavy atom.